The molecule has 1 aromatic rings. The Morgan fingerprint density at radius 1 is 1.26 bits per heavy atom. The molecule has 0 spiro atoms. The van der Waals surface area contributed by atoms with Gasteiger partial charge in [-0.25, -0.2) is 18.4 Å². The van der Waals surface area contributed by atoms with E-state index < -0.39 is 41.4 Å². The summed E-state index contributed by atoms with van der Waals surface area (Å²) in [7, 11) is 1.02. The summed E-state index contributed by atoms with van der Waals surface area (Å²) in [5, 5.41) is 12.2. The molecule has 1 rings (SSSR count). The van der Waals surface area contributed by atoms with E-state index in [0.717, 1.165) is 19.2 Å². The molecule has 0 bridgehead atoms. The molecule has 2 N–H and O–H groups in total. The maximum Gasteiger partial charge on any atom is 0.408 e. The standard InChI is InChI=1S/C15H19F2NO5/c1-15(2,3)23-14(21)18-11(12(19)13(20)22-4)9-6-5-8(16)7-10(9)17/h5-7,11-12,19H,1-4H3,(H,18,21)/t11-,12+/m0/s1. The van der Waals surface area contributed by atoms with Gasteiger partial charge in [-0.3, -0.25) is 0 Å². The smallest absolute Gasteiger partial charge is 0.408 e. The molecular formula is C15H19F2NO5. The van der Waals surface area contributed by atoms with Gasteiger partial charge in [0.15, 0.2) is 6.10 Å². The lowest BCUT2D eigenvalue weighted by atomic mass is 10.0. The number of halogens is 2. The highest BCUT2D eigenvalue weighted by Gasteiger charge is 2.33. The number of carbonyl (C=O) groups excluding carboxylic acids is 2. The fourth-order valence-corrected chi connectivity index (χ4v) is 1.77. The lowest BCUT2D eigenvalue weighted by molar-refractivity contribution is -0.152. The van der Waals surface area contributed by atoms with E-state index in [1.165, 1.54) is 0 Å². The first-order chi connectivity index (χ1) is 10.5. The van der Waals surface area contributed by atoms with Crippen LogP contribution in [0.3, 0.4) is 0 Å². The number of aliphatic hydroxyl groups is 1. The van der Waals surface area contributed by atoms with Gasteiger partial charge in [-0.05, 0) is 26.8 Å². The van der Waals surface area contributed by atoms with Crippen LogP contribution in [0.2, 0.25) is 0 Å². The fourth-order valence-electron chi connectivity index (χ4n) is 1.77. The van der Waals surface area contributed by atoms with Crippen molar-refractivity contribution >= 4 is 12.1 Å². The quantitative estimate of drug-likeness (QED) is 0.825. The highest BCUT2D eigenvalue weighted by atomic mass is 19.1. The van der Waals surface area contributed by atoms with Crippen LogP contribution in [0.4, 0.5) is 13.6 Å². The second-order valence-electron chi connectivity index (χ2n) is 5.76. The number of nitrogens with one attached hydrogen (secondary N) is 1. The molecule has 0 fully saturated rings. The van der Waals surface area contributed by atoms with E-state index in [2.05, 4.69) is 10.1 Å². The Hall–Kier alpha value is -2.22. The third-order valence-electron chi connectivity index (χ3n) is 2.73. The van der Waals surface area contributed by atoms with Crippen molar-refractivity contribution in [3.63, 3.8) is 0 Å². The van der Waals surface area contributed by atoms with Gasteiger partial charge >= 0.3 is 12.1 Å². The average molecular weight is 331 g/mol. The van der Waals surface area contributed by atoms with Crippen molar-refractivity contribution in [1.29, 1.82) is 0 Å². The second kappa shape index (κ2) is 7.36. The van der Waals surface area contributed by atoms with E-state index in [0.29, 0.717) is 6.07 Å². The summed E-state index contributed by atoms with van der Waals surface area (Å²) < 4.78 is 36.3. The Balaban J connectivity index is 3.12. The fraction of sp³-hybridized carbons (Fsp3) is 0.467. The van der Waals surface area contributed by atoms with Crippen molar-refractivity contribution < 1.29 is 33.0 Å². The number of esters is 1. The van der Waals surface area contributed by atoms with Crippen molar-refractivity contribution in [3.05, 3.63) is 35.4 Å². The normalized spacial score (nSPS) is 13.9. The van der Waals surface area contributed by atoms with Gasteiger partial charge in [0.1, 0.15) is 17.2 Å². The van der Waals surface area contributed by atoms with E-state index in [-0.39, 0.29) is 5.56 Å². The molecule has 6 nitrogen and oxygen atoms in total. The minimum Gasteiger partial charge on any atom is -0.467 e. The number of ether oxygens (including phenoxy) is 2. The summed E-state index contributed by atoms with van der Waals surface area (Å²) in [6, 6.07) is 1.02. The van der Waals surface area contributed by atoms with Gasteiger partial charge in [0, 0.05) is 11.6 Å². The number of benzene rings is 1. The predicted molar refractivity (Wildman–Crippen MR) is 76.5 cm³/mol. The number of carbonyl (C=O) groups is 2. The zero-order chi connectivity index (χ0) is 17.8. The molecule has 0 aliphatic rings. The topological polar surface area (TPSA) is 84.9 Å². The molecule has 128 valence electrons. The summed E-state index contributed by atoms with van der Waals surface area (Å²) >= 11 is 0. The molecule has 0 aliphatic carbocycles. The molecule has 2 atom stereocenters. The van der Waals surface area contributed by atoms with Crippen LogP contribution >= 0.6 is 0 Å². The number of hydrogen-bond donors (Lipinski definition) is 2. The maximum atomic E-state index is 13.9. The maximum absolute atomic E-state index is 13.9. The van der Waals surface area contributed by atoms with Gasteiger partial charge in [-0.2, -0.15) is 0 Å². The van der Waals surface area contributed by atoms with Crippen LogP contribution in [0.15, 0.2) is 18.2 Å². The minimum atomic E-state index is -1.90. The third-order valence-corrected chi connectivity index (χ3v) is 2.73. The van der Waals surface area contributed by atoms with Crippen LogP contribution in [0, 0.1) is 11.6 Å². The van der Waals surface area contributed by atoms with Crippen LogP contribution in [0.25, 0.3) is 0 Å². The molecule has 0 aliphatic heterocycles. The minimum absolute atomic E-state index is 0.282. The molecule has 0 unspecified atom stereocenters. The lowest BCUT2D eigenvalue weighted by Gasteiger charge is -2.26. The molecule has 0 heterocycles. The SMILES string of the molecule is COC(=O)[C@H](O)[C@@H](NC(=O)OC(C)(C)C)c1ccc(F)cc1F. The molecule has 8 heteroatoms. The van der Waals surface area contributed by atoms with Crippen molar-refractivity contribution in [2.24, 2.45) is 0 Å². The van der Waals surface area contributed by atoms with Crippen LogP contribution in [-0.2, 0) is 14.3 Å². The average Bonchev–Trinajstić information content (AvgIpc) is 2.42. The third kappa shape index (κ3) is 5.48. The van der Waals surface area contributed by atoms with Gasteiger partial charge in [0.05, 0.1) is 13.2 Å². The lowest BCUT2D eigenvalue weighted by Crippen LogP contribution is -2.43. The molecular weight excluding hydrogens is 312 g/mol. The van der Waals surface area contributed by atoms with Crippen molar-refractivity contribution in [2.75, 3.05) is 7.11 Å². The Labute approximate surface area is 132 Å². The van der Waals surface area contributed by atoms with E-state index in [1.54, 1.807) is 20.8 Å². The Bertz CT molecular complexity index is 586. The summed E-state index contributed by atoms with van der Waals surface area (Å²) in [6.45, 7) is 4.82. The number of methoxy groups -OCH3 is 1. The summed E-state index contributed by atoms with van der Waals surface area (Å²) in [5.41, 5.74) is -1.12. The number of alkyl carbamates (subject to hydrolysis) is 1. The Morgan fingerprint density at radius 3 is 2.35 bits per heavy atom. The van der Waals surface area contributed by atoms with Crippen LogP contribution in [-0.4, -0.2) is 36.0 Å². The number of hydrogen-bond acceptors (Lipinski definition) is 5. The first-order valence-corrected chi connectivity index (χ1v) is 6.75. The number of amides is 1. The monoisotopic (exact) mass is 331 g/mol. The van der Waals surface area contributed by atoms with Gasteiger partial charge in [0.2, 0.25) is 0 Å². The zero-order valence-electron chi connectivity index (χ0n) is 13.2. The summed E-state index contributed by atoms with van der Waals surface area (Å²) in [6.07, 6.45) is -2.87. The molecule has 1 aromatic carbocycles. The number of aliphatic hydroxyl groups excluding tert-OH is 1. The van der Waals surface area contributed by atoms with Crippen molar-refractivity contribution in [1.82, 2.24) is 5.32 Å². The van der Waals surface area contributed by atoms with E-state index in [1.807, 2.05) is 0 Å². The molecule has 0 saturated carbocycles. The first-order valence-electron chi connectivity index (χ1n) is 6.75. The molecule has 0 saturated heterocycles. The zero-order valence-corrected chi connectivity index (χ0v) is 13.2. The highest BCUT2D eigenvalue weighted by Crippen LogP contribution is 2.23. The van der Waals surface area contributed by atoms with E-state index in [4.69, 9.17) is 4.74 Å². The molecule has 0 radical (unpaired) electrons. The van der Waals surface area contributed by atoms with Gasteiger partial charge < -0.3 is 19.9 Å². The highest BCUT2D eigenvalue weighted by molar-refractivity contribution is 5.77. The molecule has 1 amide bonds. The number of rotatable bonds is 4. The van der Waals surface area contributed by atoms with Gasteiger partial charge in [-0.1, -0.05) is 6.07 Å². The Morgan fingerprint density at radius 2 is 1.87 bits per heavy atom. The van der Waals surface area contributed by atoms with Gasteiger partial charge in [0.25, 0.3) is 0 Å². The van der Waals surface area contributed by atoms with Crippen molar-refractivity contribution in [3.8, 4) is 0 Å². The summed E-state index contributed by atoms with van der Waals surface area (Å²) in [5.74, 6) is -2.96. The van der Waals surface area contributed by atoms with E-state index in [9.17, 15) is 23.5 Å². The van der Waals surface area contributed by atoms with Crippen LogP contribution in [0.5, 0.6) is 0 Å². The van der Waals surface area contributed by atoms with Crippen LogP contribution in [0.1, 0.15) is 32.4 Å². The van der Waals surface area contributed by atoms with E-state index >= 15 is 0 Å². The molecule has 23 heavy (non-hydrogen) atoms. The first kappa shape index (κ1) is 18.8. The second-order valence-corrected chi connectivity index (χ2v) is 5.76. The van der Waals surface area contributed by atoms with Crippen molar-refractivity contribution in [2.45, 2.75) is 38.5 Å². The Kier molecular flexibility index (Phi) is 6.03. The largest absolute Gasteiger partial charge is 0.467 e. The predicted octanol–water partition coefficient (Wildman–Crippen LogP) is 2.06. The van der Waals surface area contributed by atoms with Gasteiger partial charge in [-0.15, -0.1) is 0 Å². The summed E-state index contributed by atoms with van der Waals surface area (Å²) in [4.78, 5) is 23.4. The molecule has 0 aromatic heterocycles. The van der Waals surface area contributed by atoms with Crippen LogP contribution < -0.4 is 5.32 Å².